The van der Waals surface area contributed by atoms with Crippen LogP contribution in [0, 0.1) is 11.3 Å². The highest BCUT2D eigenvalue weighted by atomic mass is 16.5. The van der Waals surface area contributed by atoms with E-state index in [2.05, 4.69) is 39.5 Å². The summed E-state index contributed by atoms with van der Waals surface area (Å²) in [6, 6.07) is 0. The van der Waals surface area contributed by atoms with E-state index in [4.69, 9.17) is 4.74 Å². The van der Waals surface area contributed by atoms with Crippen molar-refractivity contribution in [1.82, 2.24) is 0 Å². The van der Waals surface area contributed by atoms with E-state index in [1.165, 1.54) is 11.1 Å². The summed E-state index contributed by atoms with van der Waals surface area (Å²) in [6.07, 6.45) is 7.88. The average Bonchev–Trinajstić information content (AvgIpc) is 2.53. The second kappa shape index (κ2) is 3.64. The summed E-state index contributed by atoms with van der Waals surface area (Å²) in [5, 5.41) is 0. The zero-order chi connectivity index (χ0) is 11.1. The highest BCUT2D eigenvalue weighted by Gasteiger charge is 2.46. The second-order valence-electron chi connectivity index (χ2n) is 5.12. The predicted octanol–water partition coefficient (Wildman–Crippen LogP) is 3.49. The first-order chi connectivity index (χ1) is 7.08. The van der Waals surface area contributed by atoms with E-state index in [-0.39, 0.29) is 11.5 Å². The van der Waals surface area contributed by atoms with Crippen LogP contribution in [0.4, 0.5) is 0 Å². The molecule has 1 saturated heterocycles. The zero-order valence-corrected chi connectivity index (χ0v) is 9.92. The van der Waals surface area contributed by atoms with Crippen molar-refractivity contribution in [3.05, 3.63) is 36.0 Å². The molecule has 0 radical (unpaired) electrons. The molecule has 1 aliphatic carbocycles. The molecule has 1 heteroatoms. The van der Waals surface area contributed by atoms with Crippen LogP contribution < -0.4 is 0 Å². The van der Waals surface area contributed by atoms with Crippen LogP contribution in [-0.2, 0) is 4.74 Å². The molecule has 0 amide bonds. The van der Waals surface area contributed by atoms with E-state index < -0.39 is 0 Å². The molecule has 15 heavy (non-hydrogen) atoms. The predicted molar refractivity (Wildman–Crippen MR) is 63.7 cm³/mol. The monoisotopic (exact) mass is 204 g/mol. The maximum atomic E-state index is 5.79. The third-order valence-electron chi connectivity index (χ3n) is 3.94. The van der Waals surface area contributed by atoms with E-state index in [0.29, 0.717) is 5.92 Å². The van der Waals surface area contributed by atoms with Gasteiger partial charge < -0.3 is 4.74 Å². The van der Waals surface area contributed by atoms with Gasteiger partial charge in [0.25, 0.3) is 0 Å². The van der Waals surface area contributed by atoms with Crippen molar-refractivity contribution in [3.8, 4) is 0 Å². The molecular weight excluding hydrogens is 184 g/mol. The number of fused-ring (bicyclic) bond motifs is 1. The van der Waals surface area contributed by atoms with Gasteiger partial charge in [-0.1, -0.05) is 30.7 Å². The van der Waals surface area contributed by atoms with Gasteiger partial charge in [0.1, 0.15) is 0 Å². The minimum absolute atomic E-state index is 0.167. The molecule has 0 unspecified atom stereocenters. The van der Waals surface area contributed by atoms with E-state index in [0.717, 1.165) is 13.0 Å². The average molecular weight is 204 g/mol. The summed E-state index contributed by atoms with van der Waals surface area (Å²) >= 11 is 0. The van der Waals surface area contributed by atoms with Gasteiger partial charge in [0.05, 0.1) is 12.7 Å². The molecule has 0 aromatic carbocycles. The summed E-state index contributed by atoms with van der Waals surface area (Å²) in [6.45, 7) is 11.4. The van der Waals surface area contributed by atoms with Gasteiger partial charge >= 0.3 is 0 Å². The SMILES string of the molecule is C=C[C@@H]1OC[C@H]2CC(=C(C)C)C=C[C@]21C. The lowest BCUT2D eigenvalue weighted by Crippen LogP contribution is -2.32. The lowest BCUT2D eigenvalue weighted by Gasteiger charge is -2.34. The first-order valence-electron chi connectivity index (χ1n) is 5.67. The Hall–Kier alpha value is -0.820. The van der Waals surface area contributed by atoms with Crippen LogP contribution in [0.15, 0.2) is 36.0 Å². The van der Waals surface area contributed by atoms with Crippen molar-refractivity contribution in [2.45, 2.75) is 33.3 Å². The number of hydrogen-bond acceptors (Lipinski definition) is 1. The molecule has 2 rings (SSSR count). The van der Waals surface area contributed by atoms with Crippen LogP contribution in [0.3, 0.4) is 0 Å². The van der Waals surface area contributed by atoms with Gasteiger partial charge in [-0.3, -0.25) is 0 Å². The molecule has 0 saturated carbocycles. The molecule has 0 aromatic heterocycles. The molecule has 1 aliphatic heterocycles. The fraction of sp³-hybridized carbons (Fsp3) is 0.571. The van der Waals surface area contributed by atoms with E-state index in [1.807, 2.05) is 6.08 Å². The number of hydrogen-bond donors (Lipinski definition) is 0. The van der Waals surface area contributed by atoms with Crippen molar-refractivity contribution >= 4 is 0 Å². The molecule has 0 N–H and O–H groups in total. The van der Waals surface area contributed by atoms with Gasteiger partial charge in [0, 0.05) is 5.41 Å². The van der Waals surface area contributed by atoms with Crippen LogP contribution in [0.2, 0.25) is 0 Å². The van der Waals surface area contributed by atoms with E-state index in [1.54, 1.807) is 0 Å². The minimum atomic E-state index is 0.167. The summed E-state index contributed by atoms with van der Waals surface area (Å²) < 4.78 is 5.79. The smallest absolute Gasteiger partial charge is 0.0845 e. The Morgan fingerprint density at radius 1 is 1.60 bits per heavy atom. The Morgan fingerprint density at radius 3 is 2.93 bits per heavy atom. The summed E-state index contributed by atoms with van der Waals surface area (Å²) in [4.78, 5) is 0. The minimum Gasteiger partial charge on any atom is -0.373 e. The quantitative estimate of drug-likeness (QED) is 0.594. The van der Waals surface area contributed by atoms with Crippen molar-refractivity contribution in [2.24, 2.45) is 11.3 Å². The second-order valence-corrected chi connectivity index (χ2v) is 5.12. The molecule has 3 atom stereocenters. The first-order valence-corrected chi connectivity index (χ1v) is 5.67. The Balaban J connectivity index is 2.33. The van der Waals surface area contributed by atoms with E-state index >= 15 is 0 Å². The highest BCUT2D eigenvalue weighted by Crippen LogP contribution is 2.47. The molecule has 0 aromatic rings. The molecule has 1 nitrogen and oxygen atoms in total. The van der Waals surface area contributed by atoms with Crippen molar-refractivity contribution in [1.29, 1.82) is 0 Å². The summed E-state index contributed by atoms with van der Waals surface area (Å²) in [5.74, 6) is 0.621. The first kappa shape index (κ1) is 10.7. The Labute approximate surface area is 92.5 Å². The van der Waals surface area contributed by atoms with Crippen molar-refractivity contribution in [2.75, 3.05) is 6.61 Å². The summed E-state index contributed by atoms with van der Waals surface area (Å²) in [5.41, 5.74) is 3.07. The maximum Gasteiger partial charge on any atom is 0.0845 e. The van der Waals surface area contributed by atoms with Gasteiger partial charge in [0.15, 0.2) is 0 Å². The van der Waals surface area contributed by atoms with Crippen LogP contribution in [0.25, 0.3) is 0 Å². The largest absolute Gasteiger partial charge is 0.373 e. The summed E-state index contributed by atoms with van der Waals surface area (Å²) in [7, 11) is 0. The molecule has 0 spiro atoms. The topological polar surface area (TPSA) is 9.23 Å². The molecular formula is C14H20O. The third-order valence-corrected chi connectivity index (χ3v) is 3.94. The van der Waals surface area contributed by atoms with Crippen LogP contribution in [-0.4, -0.2) is 12.7 Å². The Morgan fingerprint density at radius 2 is 2.33 bits per heavy atom. The third kappa shape index (κ3) is 1.59. The molecule has 0 bridgehead atoms. The van der Waals surface area contributed by atoms with Gasteiger partial charge in [-0.05, 0) is 31.8 Å². The van der Waals surface area contributed by atoms with Crippen molar-refractivity contribution in [3.63, 3.8) is 0 Å². The van der Waals surface area contributed by atoms with Crippen LogP contribution in [0.5, 0.6) is 0 Å². The van der Waals surface area contributed by atoms with Gasteiger partial charge in [-0.2, -0.15) is 0 Å². The standard InChI is InChI=1S/C14H20O/c1-5-13-14(4)7-6-11(10(2)3)8-12(14)9-15-13/h5-7,12-13H,1,8-9H2,2-4H3/t12-,13+,14-/m1/s1. The molecule has 82 valence electrons. The molecule has 1 heterocycles. The fourth-order valence-electron chi connectivity index (χ4n) is 2.63. The van der Waals surface area contributed by atoms with Crippen molar-refractivity contribution < 1.29 is 4.74 Å². The fourth-order valence-corrected chi connectivity index (χ4v) is 2.63. The van der Waals surface area contributed by atoms with Crippen LogP contribution in [0.1, 0.15) is 27.2 Å². The van der Waals surface area contributed by atoms with Gasteiger partial charge in [0.2, 0.25) is 0 Å². The molecule has 2 aliphatic rings. The Kier molecular flexibility index (Phi) is 2.59. The van der Waals surface area contributed by atoms with E-state index in [9.17, 15) is 0 Å². The van der Waals surface area contributed by atoms with Gasteiger partial charge in [-0.25, -0.2) is 0 Å². The number of ether oxygens (including phenoxy) is 1. The lowest BCUT2D eigenvalue weighted by molar-refractivity contribution is 0.113. The Bertz CT molecular complexity index is 333. The lowest BCUT2D eigenvalue weighted by atomic mass is 9.68. The number of rotatable bonds is 1. The number of allylic oxidation sites excluding steroid dienone is 3. The highest BCUT2D eigenvalue weighted by molar-refractivity contribution is 5.32. The van der Waals surface area contributed by atoms with Gasteiger partial charge in [-0.15, -0.1) is 6.58 Å². The molecule has 1 fully saturated rings. The van der Waals surface area contributed by atoms with Crippen LogP contribution >= 0.6 is 0 Å². The maximum absolute atomic E-state index is 5.79. The normalized spacial score (nSPS) is 39.0. The zero-order valence-electron chi connectivity index (χ0n) is 9.92.